The maximum atomic E-state index is 12.1. The van der Waals surface area contributed by atoms with Crippen LogP contribution in [0.15, 0.2) is 42.5 Å². The molecule has 0 unspecified atom stereocenters. The summed E-state index contributed by atoms with van der Waals surface area (Å²) in [5, 5.41) is 0.456. The molecule has 110 valence electrons. The number of hydrogen-bond acceptors (Lipinski definition) is 2. The Bertz CT molecular complexity index is 647. The fourth-order valence-corrected chi connectivity index (χ4v) is 2.54. The van der Waals surface area contributed by atoms with Crippen LogP contribution in [-0.4, -0.2) is 12.4 Å². The van der Waals surface area contributed by atoms with Gasteiger partial charge in [-0.15, -0.1) is 0 Å². The molecule has 0 atom stereocenters. The van der Waals surface area contributed by atoms with E-state index in [1.807, 2.05) is 12.1 Å². The second kappa shape index (κ2) is 6.77. The fourth-order valence-electron chi connectivity index (χ4n) is 2.30. The Morgan fingerprint density at radius 3 is 2.52 bits per heavy atom. The lowest BCUT2D eigenvalue weighted by Crippen LogP contribution is -2.12. The first-order valence-corrected chi connectivity index (χ1v) is 7.38. The van der Waals surface area contributed by atoms with Gasteiger partial charge in [0.1, 0.15) is 5.75 Å². The minimum atomic E-state index is -0.119. The van der Waals surface area contributed by atoms with E-state index in [0.29, 0.717) is 22.3 Å². The van der Waals surface area contributed by atoms with Crippen LogP contribution in [0.5, 0.6) is 5.75 Å². The highest BCUT2D eigenvalue weighted by atomic mass is 35.5. The van der Waals surface area contributed by atoms with E-state index in [1.54, 1.807) is 24.3 Å². The van der Waals surface area contributed by atoms with Gasteiger partial charge in [0.05, 0.1) is 5.02 Å². The topological polar surface area (TPSA) is 26.3 Å². The molecule has 0 radical (unpaired) electrons. The molecule has 0 spiro atoms. The Morgan fingerprint density at radius 2 is 1.90 bits per heavy atom. The van der Waals surface area contributed by atoms with Crippen molar-refractivity contribution in [3.05, 3.63) is 64.2 Å². The molecule has 0 aromatic heterocycles. The number of ether oxygens (including phenoxy) is 1. The molecule has 3 heteroatoms. The number of Topliss-reactive ketones (excluding diaryl/α,β-unsaturated/α-hetero) is 1. The summed E-state index contributed by atoms with van der Waals surface area (Å²) in [6.45, 7) is 6.36. The molecule has 0 heterocycles. The lowest BCUT2D eigenvalue weighted by atomic mass is 9.98. The summed E-state index contributed by atoms with van der Waals surface area (Å²) in [6.07, 6.45) is 0. The van der Waals surface area contributed by atoms with Crippen molar-refractivity contribution in [2.24, 2.45) is 0 Å². The van der Waals surface area contributed by atoms with E-state index in [9.17, 15) is 4.79 Å². The van der Waals surface area contributed by atoms with Crippen LogP contribution < -0.4 is 4.74 Å². The van der Waals surface area contributed by atoms with Crippen LogP contribution in [0, 0.1) is 6.92 Å². The van der Waals surface area contributed by atoms with Crippen molar-refractivity contribution >= 4 is 17.4 Å². The van der Waals surface area contributed by atoms with E-state index in [2.05, 4.69) is 26.8 Å². The highest BCUT2D eigenvalue weighted by Gasteiger charge is 2.11. The Kier molecular flexibility index (Phi) is 5.03. The van der Waals surface area contributed by atoms with Crippen molar-refractivity contribution in [1.82, 2.24) is 0 Å². The fraction of sp³-hybridized carbons (Fsp3) is 0.278. The van der Waals surface area contributed by atoms with E-state index >= 15 is 0 Å². The third-order valence-corrected chi connectivity index (χ3v) is 3.74. The van der Waals surface area contributed by atoms with Gasteiger partial charge in [-0.2, -0.15) is 0 Å². The summed E-state index contributed by atoms with van der Waals surface area (Å²) < 4.78 is 5.58. The first-order chi connectivity index (χ1) is 9.99. The Hall–Kier alpha value is -1.80. The molecule has 0 amide bonds. The molecule has 2 aromatic carbocycles. The second-order valence-electron chi connectivity index (χ2n) is 5.36. The molecule has 0 aliphatic heterocycles. The van der Waals surface area contributed by atoms with Crippen molar-refractivity contribution < 1.29 is 9.53 Å². The Morgan fingerprint density at radius 1 is 1.19 bits per heavy atom. The SMILES string of the molecule is Cc1cc(OCC(=O)c2ccccc2Cl)ccc1C(C)C. The summed E-state index contributed by atoms with van der Waals surface area (Å²) >= 11 is 6.01. The van der Waals surface area contributed by atoms with Gasteiger partial charge in [-0.05, 0) is 48.2 Å². The largest absolute Gasteiger partial charge is 0.485 e. The van der Waals surface area contributed by atoms with E-state index in [4.69, 9.17) is 16.3 Å². The maximum absolute atomic E-state index is 12.1. The van der Waals surface area contributed by atoms with Gasteiger partial charge in [-0.1, -0.05) is 43.6 Å². The predicted molar refractivity (Wildman–Crippen MR) is 86.5 cm³/mol. The zero-order valence-electron chi connectivity index (χ0n) is 12.5. The predicted octanol–water partition coefficient (Wildman–Crippen LogP) is 5.03. The molecule has 0 saturated carbocycles. The van der Waals surface area contributed by atoms with Crippen LogP contribution in [0.1, 0.15) is 41.3 Å². The number of halogens is 1. The molecule has 2 nitrogen and oxygen atoms in total. The van der Waals surface area contributed by atoms with Gasteiger partial charge in [-0.3, -0.25) is 4.79 Å². The van der Waals surface area contributed by atoms with Gasteiger partial charge in [0.15, 0.2) is 6.61 Å². The van der Waals surface area contributed by atoms with Gasteiger partial charge in [0, 0.05) is 5.56 Å². The number of rotatable bonds is 5. The van der Waals surface area contributed by atoms with Crippen LogP contribution in [0.25, 0.3) is 0 Å². The smallest absolute Gasteiger partial charge is 0.201 e. The number of benzene rings is 2. The highest BCUT2D eigenvalue weighted by Crippen LogP contribution is 2.24. The van der Waals surface area contributed by atoms with E-state index < -0.39 is 0 Å². The van der Waals surface area contributed by atoms with Crippen LogP contribution in [0.2, 0.25) is 5.02 Å². The number of ketones is 1. The molecular weight excluding hydrogens is 284 g/mol. The summed E-state index contributed by atoms with van der Waals surface area (Å²) in [4.78, 5) is 12.1. The molecule has 0 aliphatic carbocycles. The molecular formula is C18H19ClO2. The quantitative estimate of drug-likeness (QED) is 0.724. The standard InChI is InChI=1S/C18H19ClO2/c1-12(2)15-9-8-14(10-13(15)3)21-11-18(20)16-6-4-5-7-17(16)19/h4-10,12H,11H2,1-3H3. The zero-order chi connectivity index (χ0) is 15.4. The molecule has 0 N–H and O–H groups in total. The zero-order valence-corrected chi connectivity index (χ0v) is 13.3. The highest BCUT2D eigenvalue weighted by molar-refractivity contribution is 6.34. The number of aryl methyl sites for hydroxylation is 1. The summed E-state index contributed by atoms with van der Waals surface area (Å²) in [6, 6.07) is 12.9. The van der Waals surface area contributed by atoms with Gasteiger partial charge < -0.3 is 4.74 Å². The molecule has 2 aromatic rings. The maximum Gasteiger partial charge on any atom is 0.201 e. The second-order valence-corrected chi connectivity index (χ2v) is 5.77. The van der Waals surface area contributed by atoms with Crippen LogP contribution in [0.4, 0.5) is 0 Å². The van der Waals surface area contributed by atoms with Crippen molar-refractivity contribution in [3.8, 4) is 5.75 Å². The van der Waals surface area contributed by atoms with Gasteiger partial charge >= 0.3 is 0 Å². The Labute approximate surface area is 130 Å². The minimum absolute atomic E-state index is 0.00972. The Balaban J connectivity index is 2.05. The molecule has 0 saturated heterocycles. The van der Waals surface area contributed by atoms with Gasteiger partial charge in [0.2, 0.25) is 5.78 Å². The lowest BCUT2D eigenvalue weighted by Gasteiger charge is -2.12. The van der Waals surface area contributed by atoms with Crippen molar-refractivity contribution in [2.75, 3.05) is 6.61 Å². The molecule has 0 aliphatic rings. The molecule has 0 bridgehead atoms. The van der Waals surface area contributed by atoms with Crippen LogP contribution in [-0.2, 0) is 0 Å². The summed E-state index contributed by atoms with van der Waals surface area (Å²) in [7, 11) is 0. The van der Waals surface area contributed by atoms with E-state index in [1.165, 1.54) is 11.1 Å². The summed E-state index contributed by atoms with van der Waals surface area (Å²) in [5.74, 6) is 1.06. The van der Waals surface area contributed by atoms with Crippen molar-refractivity contribution in [2.45, 2.75) is 26.7 Å². The summed E-state index contributed by atoms with van der Waals surface area (Å²) in [5.41, 5.74) is 2.96. The monoisotopic (exact) mass is 302 g/mol. The van der Waals surface area contributed by atoms with Crippen molar-refractivity contribution in [1.29, 1.82) is 0 Å². The third-order valence-electron chi connectivity index (χ3n) is 3.41. The average Bonchev–Trinajstić information content (AvgIpc) is 2.45. The molecule has 21 heavy (non-hydrogen) atoms. The first-order valence-electron chi connectivity index (χ1n) is 7.00. The number of carbonyl (C=O) groups is 1. The van der Waals surface area contributed by atoms with Gasteiger partial charge in [0.25, 0.3) is 0 Å². The van der Waals surface area contributed by atoms with E-state index in [-0.39, 0.29) is 12.4 Å². The molecule has 0 fully saturated rings. The number of carbonyl (C=O) groups excluding carboxylic acids is 1. The minimum Gasteiger partial charge on any atom is -0.485 e. The first kappa shape index (κ1) is 15.6. The van der Waals surface area contributed by atoms with Crippen molar-refractivity contribution in [3.63, 3.8) is 0 Å². The normalized spacial score (nSPS) is 10.7. The van der Waals surface area contributed by atoms with Crippen LogP contribution >= 0.6 is 11.6 Å². The third kappa shape index (κ3) is 3.85. The lowest BCUT2D eigenvalue weighted by molar-refractivity contribution is 0.0921. The average molecular weight is 303 g/mol. The van der Waals surface area contributed by atoms with Crippen LogP contribution in [0.3, 0.4) is 0 Å². The van der Waals surface area contributed by atoms with E-state index in [0.717, 1.165) is 0 Å². The number of hydrogen-bond donors (Lipinski definition) is 0. The molecule has 2 rings (SSSR count). The van der Waals surface area contributed by atoms with Gasteiger partial charge in [-0.25, -0.2) is 0 Å².